The molecule has 0 aliphatic carbocycles. The van der Waals surface area contributed by atoms with Crippen molar-refractivity contribution >= 4 is 11.6 Å². The van der Waals surface area contributed by atoms with Crippen LogP contribution in [0.25, 0.3) is 0 Å². The third-order valence-electron chi connectivity index (χ3n) is 2.01. The lowest BCUT2D eigenvalue weighted by Gasteiger charge is -2.06. The van der Waals surface area contributed by atoms with Crippen LogP contribution in [0, 0.1) is 12.7 Å². The van der Waals surface area contributed by atoms with Gasteiger partial charge in [0.1, 0.15) is 5.82 Å². The molecule has 14 heavy (non-hydrogen) atoms. The van der Waals surface area contributed by atoms with Gasteiger partial charge in [0, 0.05) is 11.6 Å². The summed E-state index contributed by atoms with van der Waals surface area (Å²) < 4.78 is 13.1. The van der Waals surface area contributed by atoms with Gasteiger partial charge in [0.2, 0.25) is 0 Å². The van der Waals surface area contributed by atoms with Gasteiger partial charge in [-0.1, -0.05) is 11.6 Å². The van der Waals surface area contributed by atoms with Crippen molar-refractivity contribution < 1.29 is 9.50 Å². The van der Waals surface area contributed by atoms with Crippen molar-refractivity contribution in [2.24, 2.45) is 0 Å². The Balaban J connectivity index is 2.72. The van der Waals surface area contributed by atoms with E-state index < -0.39 is 0 Å². The van der Waals surface area contributed by atoms with Gasteiger partial charge in [0.25, 0.3) is 0 Å². The van der Waals surface area contributed by atoms with E-state index >= 15 is 0 Å². The second-order valence-corrected chi connectivity index (χ2v) is 3.51. The molecule has 0 saturated heterocycles. The lowest BCUT2D eigenvalue weighted by atomic mass is 10.1. The van der Waals surface area contributed by atoms with Crippen molar-refractivity contribution in [3.05, 3.63) is 34.1 Å². The molecule has 2 N–H and O–H groups in total. The highest BCUT2D eigenvalue weighted by Crippen LogP contribution is 2.20. The summed E-state index contributed by atoms with van der Waals surface area (Å²) >= 11 is 5.92. The summed E-state index contributed by atoms with van der Waals surface area (Å²) in [6.45, 7) is 2.18. The molecule has 0 atom stereocenters. The molecule has 0 unspecified atom stereocenters. The maximum atomic E-state index is 13.1. The third kappa shape index (κ3) is 2.94. The Hall–Kier alpha value is -0.640. The third-order valence-corrected chi connectivity index (χ3v) is 2.36. The highest BCUT2D eigenvalue weighted by molar-refractivity contribution is 6.31. The second kappa shape index (κ2) is 5.29. The van der Waals surface area contributed by atoms with Crippen molar-refractivity contribution in [3.63, 3.8) is 0 Å². The summed E-state index contributed by atoms with van der Waals surface area (Å²) in [5.41, 5.74) is 1.31. The van der Waals surface area contributed by atoms with Crippen LogP contribution in [-0.2, 0) is 6.42 Å². The maximum absolute atomic E-state index is 13.1. The van der Waals surface area contributed by atoms with Gasteiger partial charge in [0.15, 0.2) is 0 Å². The highest BCUT2D eigenvalue weighted by Gasteiger charge is 2.04. The summed E-state index contributed by atoms with van der Waals surface area (Å²) in [4.78, 5) is 0. The average molecular weight is 218 g/mol. The summed E-state index contributed by atoms with van der Waals surface area (Å²) in [6.07, 6.45) is 0.608. The second-order valence-electron chi connectivity index (χ2n) is 3.10. The van der Waals surface area contributed by atoms with E-state index in [1.807, 2.05) is 0 Å². The molecule has 0 radical (unpaired) electrons. The molecule has 0 saturated carbocycles. The van der Waals surface area contributed by atoms with Crippen molar-refractivity contribution in [1.29, 1.82) is 0 Å². The monoisotopic (exact) mass is 217 g/mol. The minimum absolute atomic E-state index is 0.0774. The maximum Gasteiger partial charge on any atom is 0.126 e. The van der Waals surface area contributed by atoms with Gasteiger partial charge >= 0.3 is 0 Å². The SMILES string of the molecule is Cc1cc(Cl)c(CCNCO)cc1F. The molecule has 0 aliphatic heterocycles. The number of aryl methyl sites for hydroxylation is 1. The Labute approximate surface area is 87.7 Å². The molecule has 0 fully saturated rings. The number of aliphatic hydroxyl groups excluding tert-OH is 1. The van der Waals surface area contributed by atoms with Crippen LogP contribution in [0.15, 0.2) is 12.1 Å². The van der Waals surface area contributed by atoms with E-state index in [1.165, 1.54) is 6.07 Å². The van der Waals surface area contributed by atoms with Gasteiger partial charge in [-0.25, -0.2) is 4.39 Å². The van der Waals surface area contributed by atoms with Gasteiger partial charge < -0.3 is 5.11 Å². The molecule has 2 nitrogen and oxygen atoms in total. The van der Waals surface area contributed by atoms with E-state index in [9.17, 15) is 4.39 Å². The Morgan fingerprint density at radius 1 is 1.50 bits per heavy atom. The standard InChI is InChI=1S/C10H13ClFNO/c1-7-4-9(11)8(5-10(7)12)2-3-13-6-14/h4-5,13-14H,2-3,6H2,1H3. The number of benzene rings is 1. The molecule has 1 rings (SSSR count). The van der Waals surface area contributed by atoms with Crippen LogP contribution in [0.4, 0.5) is 4.39 Å². The number of aliphatic hydroxyl groups is 1. The zero-order valence-electron chi connectivity index (χ0n) is 7.98. The first kappa shape index (κ1) is 11.4. The number of rotatable bonds is 4. The topological polar surface area (TPSA) is 32.3 Å². The summed E-state index contributed by atoms with van der Waals surface area (Å²) in [5, 5.41) is 11.8. The zero-order valence-corrected chi connectivity index (χ0v) is 8.74. The molecule has 0 spiro atoms. The van der Waals surface area contributed by atoms with Crippen LogP contribution in [0.1, 0.15) is 11.1 Å². The molecular weight excluding hydrogens is 205 g/mol. The van der Waals surface area contributed by atoms with Crippen molar-refractivity contribution in [3.8, 4) is 0 Å². The van der Waals surface area contributed by atoms with Gasteiger partial charge in [0.05, 0.1) is 6.73 Å². The number of nitrogens with one attached hydrogen (secondary N) is 1. The van der Waals surface area contributed by atoms with E-state index in [2.05, 4.69) is 5.32 Å². The Morgan fingerprint density at radius 2 is 2.21 bits per heavy atom. The largest absolute Gasteiger partial charge is 0.381 e. The van der Waals surface area contributed by atoms with Crippen molar-refractivity contribution in [1.82, 2.24) is 5.32 Å². The molecule has 1 aromatic rings. The van der Waals surface area contributed by atoms with Gasteiger partial charge in [-0.05, 0) is 36.6 Å². The van der Waals surface area contributed by atoms with Crippen LogP contribution in [0.2, 0.25) is 5.02 Å². The molecule has 1 aromatic carbocycles. The zero-order chi connectivity index (χ0) is 10.6. The quantitative estimate of drug-likeness (QED) is 0.596. The van der Waals surface area contributed by atoms with E-state index in [4.69, 9.17) is 16.7 Å². The Morgan fingerprint density at radius 3 is 2.86 bits per heavy atom. The van der Waals surface area contributed by atoms with Crippen LogP contribution in [0.5, 0.6) is 0 Å². The van der Waals surface area contributed by atoms with Gasteiger partial charge in [-0.3, -0.25) is 5.32 Å². The van der Waals surface area contributed by atoms with Gasteiger partial charge in [-0.2, -0.15) is 0 Å². The fourth-order valence-corrected chi connectivity index (χ4v) is 1.49. The average Bonchev–Trinajstić information content (AvgIpc) is 2.14. The lowest BCUT2D eigenvalue weighted by Crippen LogP contribution is -2.18. The smallest absolute Gasteiger partial charge is 0.126 e. The normalized spacial score (nSPS) is 10.6. The van der Waals surface area contributed by atoms with Crippen LogP contribution in [-0.4, -0.2) is 18.4 Å². The Bertz CT molecular complexity index is 317. The number of halogens is 2. The van der Waals surface area contributed by atoms with Crippen LogP contribution < -0.4 is 5.32 Å². The summed E-state index contributed by atoms with van der Waals surface area (Å²) in [5.74, 6) is -0.242. The molecule has 0 heterocycles. The molecular formula is C10H13ClFNO. The first-order chi connectivity index (χ1) is 6.65. The molecule has 0 amide bonds. The van der Waals surface area contributed by atoms with E-state index in [0.717, 1.165) is 5.56 Å². The van der Waals surface area contributed by atoms with Crippen molar-refractivity contribution in [2.75, 3.05) is 13.3 Å². The summed E-state index contributed by atoms with van der Waals surface area (Å²) in [6, 6.07) is 3.06. The van der Waals surface area contributed by atoms with Crippen LogP contribution in [0.3, 0.4) is 0 Å². The fraction of sp³-hybridized carbons (Fsp3) is 0.400. The van der Waals surface area contributed by atoms with E-state index in [0.29, 0.717) is 23.6 Å². The number of hydrogen-bond donors (Lipinski definition) is 2. The summed E-state index contributed by atoms with van der Waals surface area (Å²) in [7, 11) is 0. The van der Waals surface area contributed by atoms with E-state index in [1.54, 1.807) is 13.0 Å². The van der Waals surface area contributed by atoms with Crippen LogP contribution >= 0.6 is 11.6 Å². The highest BCUT2D eigenvalue weighted by atomic mass is 35.5. The lowest BCUT2D eigenvalue weighted by molar-refractivity contribution is 0.262. The molecule has 0 aliphatic rings. The predicted octanol–water partition coefficient (Wildman–Crippen LogP) is 1.87. The van der Waals surface area contributed by atoms with Crippen molar-refractivity contribution in [2.45, 2.75) is 13.3 Å². The minimum Gasteiger partial charge on any atom is -0.381 e. The number of hydrogen-bond acceptors (Lipinski definition) is 2. The molecule has 4 heteroatoms. The van der Waals surface area contributed by atoms with E-state index in [-0.39, 0.29) is 12.5 Å². The first-order valence-electron chi connectivity index (χ1n) is 4.41. The Kier molecular flexibility index (Phi) is 4.32. The first-order valence-corrected chi connectivity index (χ1v) is 4.79. The molecule has 78 valence electrons. The molecule has 0 aromatic heterocycles. The molecule has 0 bridgehead atoms. The van der Waals surface area contributed by atoms with Gasteiger partial charge in [-0.15, -0.1) is 0 Å². The predicted molar refractivity (Wildman–Crippen MR) is 54.9 cm³/mol. The minimum atomic E-state index is -0.242. The fourth-order valence-electron chi connectivity index (χ4n) is 1.18.